The van der Waals surface area contributed by atoms with Gasteiger partial charge in [0.1, 0.15) is 0 Å². The van der Waals surface area contributed by atoms with Gasteiger partial charge in [-0.3, -0.25) is 9.10 Å². The fourth-order valence-corrected chi connectivity index (χ4v) is 4.41. The number of aromatic nitrogens is 2. The zero-order valence-electron chi connectivity index (χ0n) is 20.8. The second-order valence-corrected chi connectivity index (χ2v) is 11.1. The Morgan fingerprint density at radius 1 is 1.09 bits per heavy atom. The monoisotopic (exact) mass is 498 g/mol. The quantitative estimate of drug-likeness (QED) is 0.480. The number of nitrogens with zero attached hydrogens (tertiary/aromatic N) is 3. The molecular weight excluding hydrogens is 464 g/mol. The number of Topliss-reactive ketones (excluding diaryl/α,β-unsaturated/α-hetero) is 1. The molecule has 0 spiro atoms. The number of sulfonamides is 1. The molecule has 35 heavy (non-hydrogen) atoms. The maximum Gasteiger partial charge on any atom is 0.247 e. The Bertz CT molecular complexity index is 1230. The number of anilines is 1. The molecule has 1 aliphatic rings. The first-order valence-electron chi connectivity index (χ1n) is 11.8. The Labute approximate surface area is 207 Å². The topological polar surface area (TPSA) is 119 Å². The van der Waals surface area contributed by atoms with Gasteiger partial charge in [-0.05, 0) is 44.9 Å². The molecule has 1 aromatic heterocycles. The van der Waals surface area contributed by atoms with Gasteiger partial charge in [0.15, 0.2) is 5.78 Å². The van der Waals surface area contributed by atoms with Crippen molar-refractivity contribution in [2.45, 2.75) is 52.0 Å². The maximum absolute atomic E-state index is 13.1. The van der Waals surface area contributed by atoms with Crippen molar-refractivity contribution in [2.75, 3.05) is 17.6 Å². The molecule has 188 valence electrons. The summed E-state index contributed by atoms with van der Waals surface area (Å²) < 4.78 is 30.8. The van der Waals surface area contributed by atoms with Gasteiger partial charge in [-0.25, -0.2) is 8.42 Å². The molecule has 9 heteroatoms. The normalized spacial score (nSPS) is 15.1. The zero-order valence-corrected chi connectivity index (χ0v) is 21.6. The van der Waals surface area contributed by atoms with Crippen molar-refractivity contribution in [3.05, 3.63) is 65.5 Å². The number of carbonyl (C=O) groups is 1. The first kappa shape index (κ1) is 26.6. The lowest BCUT2D eigenvalue weighted by molar-refractivity contribution is 0.0889. The van der Waals surface area contributed by atoms with Crippen molar-refractivity contribution in [3.63, 3.8) is 0 Å². The Morgan fingerprint density at radius 3 is 2.26 bits per heavy atom. The summed E-state index contributed by atoms with van der Waals surface area (Å²) in [5.41, 5.74) is 8.42. The number of carbonyl (C=O) groups excluding carboxylic acids is 1. The van der Waals surface area contributed by atoms with Gasteiger partial charge in [0.25, 0.3) is 0 Å². The molecule has 0 aliphatic heterocycles. The molecule has 0 bridgehead atoms. The van der Waals surface area contributed by atoms with E-state index in [4.69, 9.17) is 10.2 Å². The number of rotatable bonds is 6. The lowest BCUT2D eigenvalue weighted by Gasteiger charge is -2.22. The van der Waals surface area contributed by atoms with Crippen LogP contribution in [0, 0.1) is 12.8 Å². The molecule has 0 saturated heterocycles. The number of aryl methyl sites for hydroxylation is 1. The van der Waals surface area contributed by atoms with Gasteiger partial charge in [0.2, 0.25) is 21.8 Å². The summed E-state index contributed by atoms with van der Waals surface area (Å²) in [6, 6.07) is 14.8. The Kier molecular flexibility index (Phi) is 8.80. The Morgan fingerprint density at radius 2 is 1.74 bits per heavy atom. The molecule has 0 radical (unpaired) electrons. The van der Waals surface area contributed by atoms with Crippen molar-refractivity contribution < 1.29 is 17.6 Å². The van der Waals surface area contributed by atoms with Crippen LogP contribution in [0.25, 0.3) is 11.5 Å². The lowest BCUT2D eigenvalue weighted by atomic mass is 9.83. The average Bonchev–Trinajstić information content (AvgIpc) is 3.35. The summed E-state index contributed by atoms with van der Waals surface area (Å²) in [6.07, 6.45) is 6.05. The van der Waals surface area contributed by atoms with E-state index in [1.165, 1.54) is 12.6 Å². The van der Waals surface area contributed by atoms with Crippen LogP contribution in [0.2, 0.25) is 0 Å². The highest BCUT2D eigenvalue weighted by atomic mass is 32.2. The SMILES string of the molecule is CC(N)c1nnc(-c2cc(C(=O)C3CCCCC3)cc(N(C)S(C)(=O)=O)c2)o1.Cc1ccccc1. The van der Waals surface area contributed by atoms with Crippen LogP contribution >= 0.6 is 0 Å². The third kappa shape index (κ3) is 7.22. The van der Waals surface area contributed by atoms with Gasteiger partial charge in [0, 0.05) is 24.1 Å². The molecule has 1 heterocycles. The van der Waals surface area contributed by atoms with Crippen LogP contribution in [0.5, 0.6) is 0 Å². The van der Waals surface area contributed by atoms with Crippen molar-refractivity contribution in [3.8, 4) is 11.5 Å². The number of hydrogen-bond acceptors (Lipinski definition) is 7. The van der Waals surface area contributed by atoms with Crippen LogP contribution in [-0.2, 0) is 10.0 Å². The minimum atomic E-state index is -3.49. The molecule has 4 rings (SSSR count). The summed E-state index contributed by atoms with van der Waals surface area (Å²) in [6.45, 7) is 3.81. The fraction of sp³-hybridized carbons (Fsp3) is 0.423. The molecule has 0 amide bonds. The Balaban J connectivity index is 0.000000420. The smallest absolute Gasteiger partial charge is 0.247 e. The van der Waals surface area contributed by atoms with E-state index >= 15 is 0 Å². The third-order valence-electron chi connectivity index (χ3n) is 6.06. The second-order valence-electron chi connectivity index (χ2n) is 9.09. The van der Waals surface area contributed by atoms with Gasteiger partial charge in [0.05, 0.1) is 18.0 Å². The third-order valence-corrected chi connectivity index (χ3v) is 7.26. The van der Waals surface area contributed by atoms with E-state index in [-0.39, 0.29) is 23.5 Å². The molecule has 1 aliphatic carbocycles. The predicted octanol–water partition coefficient (Wildman–Crippen LogP) is 4.91. The molecule has 2 N–H and O–H groups in total. The fourth-order valence-electron chi connectivity index (χ4n) is 3.92. The summed E-state index contributed by atoms with van der Waals surface area (Å²) in [4.78, 5) is 13.1. The largest absolute Gasteiger partial charge is 0.419 e. The minimum absolute atomic E-state index is 0.0247. The van der Waals surface area contributed by atoms with Gasteiger partial charge in [-0.15, -0.1) is 10.2 Å². The van der Waals surface area contributed by atoms with E-state index in [1.54, 1.807) is 25.1 Å². The highest BCUT2D eigenvalue weighted by Gasteiger charge is 2.25. The van der Waals surface area contributed by atoms with Gasteiger partial charge in [-0.1, -0.05) is 55.2 Å². The predicted molar refractivity (Wildman–Crippen MR) is 138 cm³/mol. The molecule has 1 saturated carbocycles. The number of benzene rings is 2. The molecule has 3 aromatic rings. The summed E-state index contributed by atoms with van der Waals surface area (Å²) >= 11 is 0. The van der Waals surface area contributed by atoms with E-state index in [0.717, 1.165) is 42.7 Å². The molecular formula is C26H34N4O4S. The van der Waals surface area contributed by atoms with Crippen LogP contribution in [-0.4, -0.2) is 37.7 Å². The molecule has 1 atom stereocenters. The van der Waals surface area contributed by atoms with Crippen molar-refractivity contribution in [1.29, 1.82) is 0 Å². The van der Waals surface area contributed by atoms with Crippen LogP contribution in [0.3, 0.4) is 0 Å². The summed E-state index contributed by atoms with van der Waals surface area (Å²) in [7, 11) is -2.05. The molecule has 2 aromatic carbocycles. The number of nitrogens with two attached hydrogens (primary N) is 1. The van der Waals surface area contributed by atoms with Crippen molar-refractivity contribution >= 4 is 21.5 Å². The first-order valence-corrected chi connectivity index (χ1v) is 13.7. The standard InChI is InChI=1S/C19H26N4O4S.C7H8/c1-12(20)18-21-22-19(27-18)15-9-14(17(24)13-7-5-4-6-8-13)10-16(11-15)23(2)28(3,25)26;1-7-5-3-2-4-6-7/h9-13H,4-8,20H2,1-3H3;2-6H,1H3. The van der Waals surface area contributed by atoms with Gasteiger partial charge in [-0.2, -0.15) is 0 Å². The zero-order chi connectivity index (χ0) is 25.6. The highest BCUT2D eigenvalue weighted by Crippen LogP contribution is 2.32. The number of hydrogen-bond donors (Lipinski definition) is 1. The van der Waals surface area contributed by atoms with Crippen LogP contribution in [0.4, 0.5) is 5.69 Å². The Hall–Kier alpha value is -3.04. The van der Waals surface area contributed by atoms with Gasteiger partial charge >= 0.3 is 0 Å². The van der Waals surface area contributed by atoms with Gasteiger partial charge < -0.3 is 10.2 Å². The van der Waals surface area contributed by atoms with E-state index in [0.29, 0.717) is 16.8 Å². The van der Waals surface area contributed by atoms with Crippen LogP contribution in [0.15, 0.2) is 52.9 Å². The molecule has 1 fully saturated rings. The number of ketones is 1. The maximum atomic E-state index is 13.1. The second kappa shape index (κ2) is 11.6. The summed E-state index contributed by atoms with van der Waals surface area (Å²) in [5.74, 6) is 0.463. The van der Waals surface area contributed by atoms with Crippen molar-refractivity contribution in [1.82, 2.24) is 10.2 Å². The molecule has 1 unspecified atom stereocenters. The van der Waals surface area contributed by atoms with E-state index in [1.807, 2.05) is 18.2 Å². The average molecular weight is 499 g/mol. The van der Waals surface area contributed by atoms with E-state index in [9.17, 15) is 13.2 Å². The molecule has 8 nitrogen and oxygen atoms in total. The van der Waals surface area contributed by atoms with Crippen molar-refractivity contribution in [2.24, 2.45) is 11.7 Å². The minimum Gasteiger partial charge on any atom is -0.419 e. The van der Waals surface area contributed by atoms with E-state index in [2.05, 4.69) is 29.3 Å². The summed E-state index contributed by atoms with van der Waals surface area (Å²) in [5, 5.41) is 7.93. The highest BCUT2D eigenvalue weighted by molar-refractivity contribution is 7.92. The van der Waals surface area contributed by atoms with Crippen LogP contribution < -0.4 is 10.0 Å². The van der Waals surface area contributed by atoms with Crippen LogP contribution in [0.1, 0.15) is 66.9 Å². The van der Waals surface area contributed by atoms with E-state index < -0.39 is 16.1 Å². The lowest BCUT2D eigenvalue weighted by Crippen LogP contribution is -2.25. The first-order chi connectivity index (χ1) is 16.6.